The molecule has 0 aromatic heterocycles. The maximum absolute atomic E-state index is 4.30. The van der Waals surface area contributed by atoms with Crippen LogP contribution in [0.5, 0.6) is 0 Å². The Kier molecular flexibility index (Phi) is 7.23. The molecule has 2 N–H and O–H groups in total. The highest BCUT2D eigenvalue weighted by molar-refractivity contribution is 5.79. The lowest BCUT2D eigenvalue weighted by Gasteiger charge is -2.20. The molecule has 0 unspecified atom stereocenters. The number of hydrogen-bond acceptors (Lipinski definition) is 2. The van der Waals surface area contributed by atoms with Gasteiger partial charge in [0.1, 0.15) is 0 Å². The van der Waals surface area contributed by atoms with Gasteiger partial charge in [0.05, 0.1) is 0 Å². The Morgan fingerprint density at radius 1 is 1.14 bits per heavy atom. The molecule has 0 spiro atoms. The Labute approximate surface area is 135 Å². The van der Waals surface area contributed by atoms with Crippen molar-refractivity contribution in [3.05, 3.63) is 35.4 Å². The van der Waals surface area contributed by atoms with Gasteiger partial charge in [-0.3, -0.25) is 4.99 Å². The zero-order chi connectivity index (χ0) is 15.6. The van der Waals surface area contributed by atoms with Crippen LogP contribution in [0.2, 0.25) is 0 Å². The van der Waals surface area contributed by atoms with E-state index in [4.69, 9.17) is 0 Å². The fourth-order valence-corrected chi connectivity index (χ4v) is 2.92. The minimum atomic E-state index is 0.811. The van der Waals surface area contributed by atoms with Gasteiger partial charge in [0.2, 0.25) is 0 Å². The lowest BCUT2D eigenvalue weighted by Crippen LogP contribution is -2.41. The first-order valence-electron chi connectivity index (χ1n) is 8.50. The molecular formula is C18H30N4. The summed E-state index contributed by atoms with van der Waals surface area (Å²) in [4.78, 5) is 6.87. The third-order valence-electron chi connectivity index (χ3n) is 4.19. The Bertz CT molecular complexity index is 462. The summed E-state index contributed by atoms with van der Waals surface area (Å²) in [5.74, 6) is 0.885. The highest BCUT2D eigenvalue weighted by Crippen LogP contribution is 2.08. The van der Waals surface area contributed by atoms with E-state index in [1.54, 1.807) is 0 Å². The molecule has 0 aliphatic carbocycles. The second-order valence-electron chi connectivity index (χ2n) is 6.10. The number of rotatable bonds is 5. The summed E-state index contributed by atoms with van der Waals surface area (Å²) in [6, 6.07) is 8.57. The van der Waals surface area contributed by atoms with Crippen molar-refractivity contribution in [3.63, 3.8) is 0 Å². The SMILES string of the molecule is CN=C(NCCN1CCCCCC1)NCc1cccc(C)c1. The van der Waals surface area contributed by atoms with Crippen molar-refractivity contribution in [2.24, 2.45) is 4.99 Å². The van der Waals surface area contributed by atoms with E-state index in [0.29, 0.717) is 0 Å². The van der Waals surface area contributed by atoms with Crippen molar-refractivity contribution in [1.29, 1.82) is 0 Å². The number of nitrogens with zero attached hydrogens (tertiary/aromatic N) is 2. The molecule has 1 heterocycles. The van der Waals surface area contributed by atoms with E-state index >= 15 is 0 Å². The lowest BCUT2D eigenvalue weighted by atomic mass is 10.1. The van der Waals surface area contributed by atoms with E-state index in [9.17, 15) is 0 Å². The van der Waals surface area contributed by atoms with E-state index in [1.807, 2.05) is 7.05 Å². The molecular weight excluding hydrogens is 272 g/mol. The van der Waals surface area contributed by atoms with Crippen molar-refractivity contribution in [2.75, 3.05) is 33.2 Å². The van der Waals surface area contributed by atoms with Crippen LogP contribution in [-0.4, -0.2) is 44.1 Å². The average molecular weight is 302 g/mol. The quantitative estimate of drug-likeness (QED) is 0.648. The maximum Gasteiger partial charge on any atom is 0.191 e. The van der Waals surface area contributed by atoms with Crippen LogP contribution in [0.25, 0.3) is 0 Å². The second kappa shape index (κ2) is 9.46. The molecule has 2 rings (SSSR count). The number of aryl methyl sites for hydroxylation is 1. The van der Waals surface area contributed by atoms with Gasteiger partial charge < -0.3 is 15.5 Å². The molecule has 0 saturated carbocycles. The summed E-state index contributed by atoms with van der Waals surface area (Å²) in [5.41, 5.74) is 2.58. The lowest BCUT2D eigenvalue weighted by molar-refractivity contribution is 0.289. The van der Waals surface area contributed by atoms with Gasteiger partial charge in [-0.2, -0.15) is 0 Å². The van der Waals surface area contributed by atoms with Crippen LogP contribution in [0.4, 0.5) is 0 Å². The topological polar surface area (TPSA) is 39.7 Å². The van der Waals surface area contributed by atoms with Gasteiger partial charge in [-0.15, -0.1) is 0 Å². The Morgan fingerprint density at radius 3 is 2.59 bits per heavy atom. The monoisotopic (exact) mass is 302 g/mol. The van der Waals surface area contributed by atoms with Crippen LogP contribution >= 0.6 is 0 Å². The minimum Gasteiger partial charge on any atom is -0.355 e. The summed E-state index contributed by atoms with van der Waals surface area (Å²) in [6.45, 7) is 7.48. The van der Waals surface area contributed by atoms with Crippen LogP contribution < -0.4 is 10.6 Å². The van der Waals surface area contributed by atoms with Crippen molar-refractivity contribution in [2.45, 2.75) is 39.2 Å². The number of hydrogen-bond donors (Lipinski definition) is 2. The molecule has 0 atom stereocenters. The second-order valence-corrected chi connectivity index (χ2v) is 6.10. The molecule has 1 saturated heterocycles. The molecule has 1 aliphatic rings. The number of aliphatic imine (C=N–C) groups is 1. The largest absolute Gasteiger partial charge is 0.355 e. The van der Waals surface area contributed by atoms with E-state index < -0.39 is 0 Å². The molecule has 1 fully saturated rings. The third-order valence-corrected chi connectivity index (χ3v) is 4.19. The van der Waals surface area contributed by atoms with Crippen molar-refractivity contribution < 1.29 is 0 Å². The minimum absolute atomic E-state index is 0.811. The van der Waals surface area contributed by atoms with Gasteiger partial charge in [0.15, 0.2) is 5.96 Å². The molecule has 1 aliphatic heterocycles. The molecule has 1 aromatic carbocycles. The van der Waals surface area contributed by atoms with Gasteiger partial charge in [0, 0.05) is 26.7 Å². The Morgan fingerprint density at radius 2 is 1.91 bits per heavy atom. The standard InChI is InChI=1S/C18H30N4/c1-16-8-7-9-17(14-16)15-21-18(19-2)20-10-13-22-11-5-3-4-6-12-22/h7-9,14H,3-6,10-13,15H2,1-2H3,(H2,19,20,21). The fraction of sp³-hybridized carbons (Fsp3) is 0.611. The average Bonchev–Trinajstić information content (AvgIpc) is 2.79. The first-order chi connectivity index (χ1) is 10.8. The van der Waals surface area contributed by atoms with Crippen LogP contribution in [0.15, 0.2) is 29.3 Å². The van der Waals surface area contributed by atoms with Gasteiger partial charge in [-0.25, -0.2) is 0 Å². The van der Waals surface area contributed by atoms with E-state index in [1.165, 1.54) is 49.9 Å². The fourth-order valence-electron chi connectivity index (χ4n) is 2.92. The number of benzene rings is 1. The summed E-state index contributed by atoms with van der Waals surface area (Å²) >= 11 is 0. The van der Waals surface area contributed by atoms with Gasteiger partial charge in [-0.05, 0) is 38.4 Å². The highest BCUT2D eigenvalue weighted by atomic mass is 15.2. The predicted molar refractivity (Wildman–Crippen MR) is 94.3 cm³/mol. The summed E-state index contributed by atoms with van der Waals surface area (Å²) < 4.78 is 0. The zero-order valence-electron chi connectivity index (χ0n) is 14.1. The van der Waals surface area contributed by atoms with Gasteiger partial charge in [-0.1, -0.05) is 42.7 Å². The zero-order valence-corrected chi connectivity index (χ0v) is 14.1. The molecule has 122 valence electrons. The van der Waals surface area contributed by atoms with Crippen molar-refractivity contribution in [1.82, 2.24) is 15.5 Å². The molecule has 0 amide bonds. The Balaban J connectivity index is 1.68. The van der Waals surface area contributed by atoms with Crippen LogP contribution in [-0.2, 0) is 6.54 Å². The number of nitrogens with one attached hydrogen (secondary N) is 2. The first kappa shape index (κ1) is 16.8. The van der Waals surface area contributed by atoms with Crippen molar-refractivity contribution >= 4 is 5.96 Å². The number of likely N-dealkylation sites (tertiary alicyclic amines) is 1. The predicted octanol–water partition coefficient (Wildman–Crippen LogP) is 2.54. The molecule has 0 radical (unpaired) electrons. The first-order valence-corrected chi connectivity index (χ1v) is 8.50. The molecule has 4 heteroatoms. The Hall–Kier alpha value is -1.55. The maximum atomic E-state index is 4.30. The summed E-state index contributed by atoms with van der Waals surface area (Å²) in [5, 5.41) is 6.80. The van der Waals surface area contributed by atoms with E-state index in [2.05, 4.69) is 51.7 Å². The van der Waals surface area contributed by atoms with Gasteiger partial charge >= 0.3 is 0 Å². The summed E-state index contributed by atoms with van der Waals surface area (Å²) in [6.07, 6.45) is 5.48. The van der Waals surface area contributed by atoms with Crippen LogP contribution in [0.3, 0.4) is 0 Å². The number of guanidine groups is 1. The molecule has 4 nitrogen and oxygen atoms in total. The van der Waals surface area contributed by atoms with E-state index in [-0.39, 0.29) is 0 Å². The summed E-state index contributed by atoms with van der Waals surface area (Å²) in [7, 11) is 1.83. The molecule has 1 aromatic rings. The molecule has 0 bridgehead atoms. The smallest absolute Gasteiger partial charge is 0.191 e. The van der Waals surface area contributed by atoms with Gasteiger partial charge in [0.25, 0.3) is 0 Å². The molecule has 22 heavy (non-hydrogen) atoms. The van der Waals surface area contributed by atoms with Crippen molar-refractivity contribution in [3.8, 4) is 0 Å². The normalized spacial score (nSPS) is 17.1. The highest BCUT2D eigenvalue weighted by Gasteiger charge is 2.08. The van der Waals surface area contributed by atoms with Crippen LogP contribution in [0, 0.1) is 6.92 Å². The van der Waals surface area contributed by atoms with Crippen LogP contribution in [0.1, 0.15) is 36.8 Å². The van der Waals surface area contributed by atoms with E-state index in [0.717, 1.165) is 25.6 Å². The third kappa shape index (κ3) is 6.06.